The van der Waals surface area contributed by atoms with Crippen molar-refractivity contribution in [3.63, 3.8) is 0 Å². The second-order valence-corrected chi connectivity index (χ2v) is 8.55. The monoisotopic (exact) mass is 469 g/mol. The average molecular weight is 470 g/mol. The number of nitrogens with two attached hydrogens (primary N) is 1. The van der Waals surface area contributed by atoms with Gasteiger partial charge in [0, 0.05) is 29.9 Å². The molecule has 0 unspecified atom stereocenters. The van der Waals surface area contributed by atoms with Crippen LogP contribution in [0.1, 0.15) is 17.0 Å². The molecule has 7 nitrogen and oxygen atoms in total. The van der Waals surface area contributed by atoms with Crippen molar-refractivity contribution >= 4 is 17.7 Å². The van der Waals surface area contributed by atoms with Crippen molar-refractivity contribution in [2.75, 3.05) is 13.1 Å². The molecule has 1 aliphatic heterocycles. The fraction of sp³-hybridized carbons (Fsp3) is 0.231. The minimum atomic E-state index is -1.82. The summed E-state index contributed by atoms with van der Waals surface area (Å²) in [6.45, 7) is 0.458. The number of rotatable bonds is 3. The van der Waals surface area contributed by atoms with Gasteiger partial charge in [-0.1, -0.05) is 66.2 Å². The van der Waals surface area contributed by atoms with Gasteiger partial charge in [0.1, 0.15) is 12.7 Å². The molecule has 2 aromatic rings. The van der Waals surface area contributed by atoms with Crippen molar-refractivity contribution in [3.8, 4) is 18.2 Å². The van der Waals surface area contributed by atoms with Crippen molar-refractivity contribution in [1.29, 1.82) is 15.8 Å². The number of amides is 1. The second-order valence-electron chi connectivity index (χ2n) is 8.14. The van der Waals surface area contributed by atoms with E-state index in [9.17, 15) is 20.6 Å². The smallest absolute Gasteiger partial charge is 0.410 e. The summed E-state index contributed by atoms with van der Waals surface area (Å²) in [5.74, 6) is -1.34. The fourth-order valence-corrected chi connectivity index (χ4v) is 4.96. The van der Waals surface area contributed by atoms with E-state index in [4.69, 9.17) is 22.1 Å². The summed E-state index contributed by atoms with van der Waals surface area (Å²) in [5, 5.41) is 30.5. The molecule has 0 saturated heterocycles. The molecule has 1 heterocycles. The van der Waals surface area contributed by atoms with Gasteiger partial charge in [-0.25, -0.2) is 4.79 Å². The van der Waals surface area contributed by atoms with Crippen LogP contribution in [0.3, 0.4) is 0 Å². The predicted octanol–water partition coefficient (Wildman–Crippen LogP) is 4.40. The summed E-state index contributed by atoms with van der Waals surface area (Å²) in [4.78, 5) is 14.4. The minimum Gasteiger partial charge on any atom is -0.445 e. The van der Waals surface area contributed by atoms with Crippen molar-refractivity contribution in [2.45, 2.75) is 12.5 Å². The molecule has 0 fully saturated rings. The molecule has 2 N–H and O–H groups in total. The maximum absolute atomic E-state index is 12.9. The molecule has 4 rings (SSSR count). The summed E-state index contributed by atoms with van der Waals surface area (Å²) in [7, 11) is 0. The van der Waals surface area contributed by atoms with E-state index in [1.165, 1.54) is 4.90 Å². The fourth-order valence-electron chi connectivity index (χ4n) is 4.71. The van der Waals surface area contributed by atoms with Gasteiger partial charge in [-0.3, -0.25) is 0 Å². The van der Waals surface area contributed by atoms with Gasteiger partial charge in [-0.2, -0.15) is 15.8 Å². The number of halogens is 1. The van der Waals surface area contributed by atoms with E-state index < -0.39 is 23.3 Å². The molecule has 0 aromatic heterocycles. The molecular formula is C26H20ClN5O2. The van der Waals surface area contributed by atoms with E-state index >= 15 is 0 Å². The molecule has 168 valence electrons. The van der Waals surface area contributed by atoms with E-state index in [2.05, 4.69) is 18.2 Å². The lowest BCUT2D eigenvalue weighted by Crippen LogP contribution is -2.49. The summed E-state index contributed by atoms with van der Waals surface area (Å²) in [5.41, 5.74) is 6.52. The van der Waals surface area contributed by atoms with Crippen LogP contribution in [0.15, 0.2) is 77.5 Å². The molecule has 8 heteroatoms. The number of carbonyl (C=O) groups is 1. The highest BCUT2D eigenvalue weighted by Gasteiger charge is 2.55. The number of nitrogens with zero attached hydrogens (tertiary/aromatic N) is 4. The highest BCUT2D eigenvalue weighted by Crippen LogP contribution is 2.55. The quantitative estimate of drug-likeness (QED) is 0.709. The number of fused-ring (bicyclic) bond motifs is 1. The van der Waals surface area contributed by atoms with Gasteiger partial charge in [-0.05, 0) is 22.8 Å². The second kappa shape index (κ2) is 9.32. The van der Waals surface area contributed by atoms with Crippen molar-refractivity contribution in [1.82, 2.24) is 4.90 Å². The van der Waals surface area contributed by atoms with Crippen LogP contribution in [0.2, 0.25) is 5.02 Å². The molecule has 1 aliphatic carbocycles. The molecule has 0 bridgehead atoms. The Bertz CT molecular complexity index is 1300. The van der Waals surface area contributed by atoms with Gasteiger partial charge in [0.25, 0.3) is 0 Å². The molecule has 0 saturated carbocycles. The molecule has 2 atom stereocenters. The molecule has 2 aromatic carbocycles. The Labute approximate surface area is 202 Å². The Balaban J connectivity index is 1.75. The lowest BCUT2D eigenvalue weighted by molar-refractivity contribution is 0.0898. The molecule has 0 radical (unpaired) electrons. The van der Waals surface area contributed by atoms with Crippen LogP contribution in [0.5, 0.6) is 0 Å². The SMILES string of the molecule is N#CC1=C(N)C(C#N)(C#N)[C@H](c2ccccc2Cl)[C@H]2CN(C(=O)OCc3ccccc3)CC=C12. The molecule has 0 spiro atoms. The van der Waals surface area contributed by atoms with Crippen LogP contribution in [-0.4, -0.2) is 24.1 Å². The third kappa shape index (κ3) is 3.75. The summed E-state index contributed by atoms with van der Waals surface area (Å²) in [6.07, 6.45) is 1.21. The van der Waals surface area contributed by atoms with Crippen LogP contribution >= 0.6 is 11.6 Å². The highest BCUT2D eigenvalue weighted by atomic mass is 35.5. The first-order chi connectivity index (χ1) is 16.5. The minimum absolute atomic E-state index is 0.0903. The van der Waals surface area contributed by atoms with Crippen molar-refractivity contribution in [3.05, 3.63) is 93.7 Å². The predicted molar refractivity (Wildman–Crippen MR) is 124 cm³/mol. The lowest BCUT2D eigenvalue weighted by Gasteiger charge is -2.45. The first-order valence-corrected chi connectivity index (χ1v) is 11.0. The van der Waals surface area contributed by atoms with E-state index in [-0.39, 0.29) is 31.0 Å². The number of carbonyl (C=O) groups excluding carboxylic acids is 1. The van der Waals surface area contributed by atoms with Gasteiger partial charge in [0.15, 0.2) is 5.41 Å². The van der Waals surface area contributed by atoms with E-state index in [1.54, 1.807) is 30.3 Å². The number of benzene rings is 2. The Kier molecular flexibility index (Phi) is 6.28. The third-order valence-corrected chi connectivity index (χ3v) is 6.71. The van der Waals surface area contributed by atoms with Crippen LogP contribution in [0, 0.1) is 45.3 Å². The van der Waals surface area contributed by atoms with Gasteiger partial charge < -0.3 is 15.4 Å². The zero-order valence-electron chi connectivity index (χ0n) is 18.1. The van der Waals surface area contributed by atoms with Crippen molar-refractivity contribution in [2.24, 2.45) is 17.1 Å². The number of hydrogen-bond donors (Lipinski definition) is 1. The molecule has 2 aliphatic rings. The van der Waals surface area contributed by atoms with Gasteiger partial charge in [0.05, 0.1) is 23.4 Å². The number of hydrogen-bond acceptors (Lipinski definition) is 6. The number of nitriles is 3. The van der Waals surface area contributed by atoms with Gasteiger partial charge >= 0.3 is 6.09 Å². The number of allylic oxidation sites excluding steroid dienone is 2. The van der Waals surface area contributed by atoms with E-state index in [0.717, 1.165) is 5.56 Å². The average Bonchev–Trinajstić information content (AvgIpc) is 2.87. The van der Waals surface area contributed by atoms with Crippen LogP contribution in [0.25, 0.3) is 0 Å². The molecule has 34 heavy (non-hydrogen) atoms. The van der Waals surface area contributed by atoms with Crippen LogP contribution < -0.4 is 5.73 Å². The van der Waals surface area contributed by atoms with Crippen LogP contribution in [-0.2, 0) is 11.3 Å². The zero-order chi connectivity index (χ0) is 24.3. The maximum atomic E-state index is 12.9. The van der Waals surface area contributed by atoms with E-state index in [0.29, 0.717) is 16.2 Å². The Morgan fingerprint density at radius 2 is 1.79 bits per heavy atom. The molecular weight excluding hydrogens is 450 g/mol. The Hall–Kier alpha value is -4.25. The van der Waals surface area contributed by atoms with E-state index in [1.807, 2.05) is 30.3 Å². The first kappa shape index (κ1) is 22.9. The third-order valence-electron chi connectivity index (χ3n) is 6.37. The van der Waals surface area contributed by atoms with Crippen LogP contribution in [0.4, 0.5) is 4.79 Å². The first-order valence-electron chi connectivity index (χ1n) is 10.6. The highest BCUT2D eigenvalue weighted by molar-refractivity contribution is 6.31. The van der Waals surface area contributed by atoms with Gasteiger partial charge in [0.2, 0.25) is 0 Å². The Morgan fingerprint density at radius 3 is 2.44 bits per heavy atom. The summed E-state index contributed by atoms with van der Waals surface area (Å²) in [6, 6.07) is 22.4. The lowest BCUT2D eigenvalue weighted by atomic mass is 9.58. The van der Waals surface area contributed by atoms with Crippen molar-refractivity contribution < 1.29 is 9.53 Å². The maximum Gasteiger partial charge on any atom is 0.410 e. The summed E-state index contributed by atoms with van der Waals surface area (Å²) >= 11 is 6.50. The topological polar surface area (TPSA) is 127 Å². The summed E-state index contributed by atoms with van der Waals surface area (Å²) < 4.78 is 5.49. The van der Waals surface area contributed by atoms with Gasteiger partial charge in [-0.15, -0.1) is 0 Å². The Morgan fingerprint density at radius 1 is 1.12 bits per heavy atom. The largest absolute Gasteiger partial charge is 0.445 e. The number of ether oxygens (including phenoxy) is 1. The molecule has 1 amide bonds. The zero-order valence-corrected chi connectivity index (χ0v) is 18.9. The standard InChI is InChI=1S/C26H20ClN5O2/c27-22-9-5-4-8-19(22)23-21-13-32(25(33)34-14-17-6-2-1-3-7-17)11-10-18(21)20(12-28)24(31)26(23,15-29)16-30/h1-10,21,23H,11,13-14,31H2/t21-,23+/m0/s1. The normalized spacial score (nSPS) is 20.8.